The van der Waals surface area contributed by atoms with Gasteiger partial charge in [0.25, 0.3) is 0 Å². The summed E-state index contributed by atoms with van der Waals surface area (Å²) in [6.07, 6.45) is -4.38. The van der Waals surface area contributed by atoms with Crippen molar-refractivity contribution in [1.29, 1.82) is 5.41 Å². The summed E-state index contributed by atoms with van der Waals surface area (Å²) in [5, 5.41) is 9.38. The first-order chi connectivity index (χ1) is 11.3. The molecule has 0 aliphatic carbocycles. The molecule has 4 N–H and O–H groups in total. The van der Waals surface area contributed by atoms with Gasteiger partial charge in [-0.15, -0.1) is 12.4 Å². The van der Waals surface area contributed by atoms with E-state index in [0.717, 1.165) is 12.1 Å². The molecule has 0 spiro atoms. The van der Waals surface area contributed by atoms with E-state index in [-0.39, 0.29) is 18.8 Å². The lowest BCUT2D eigenvalue weighted by Crippen LogP contribution is -2.39. The Morgan fingerprint density at radius 3 is 2.32 bits per heavy atom. The maximum atomic E-state index is 12.8. The van der Waals surface area contributed by atoms with Crippen molar-refractivity contribution in [3.8, 4) is 0 Å². The summed E-state index contributed by atoms with van der Waals surface area (Å²) in [7, 11) is 0. The molecule has 1 unspecified atom stereocenters. The van der Waals surface area contributed by atoms with E-state index in [1.54, 1.807) is 30.3 Å². The Balaban J connectivity index is 0.00000312. The summed E-state index contributed by atoms with van der Waals surface area (Å²) in [5.41, 5.74) is 5.43. The van der Waals surface area contributed by atoms with Gasteiger partial charge >= 0.3 is 6.18 Å². The minimum atomic E-state index is -4.44. The Morgan fingerprint density at radius 2 is 1.76 bits per heavy atom. The van der Waals surface area contributed by atoms with Crippen LogP contribution < -0.4 is 11.1 Å². The van der Waals surface area contributed by atoms with E-state index < -0.39 is 29.5 Å². The first-order valence-electron chi connectivity index (χ1n) is 7.13. The molecule has 8 heteroatoms. The minimum absolute atomic E-state index is 0. The lowest BCUT2D eigenvalue weighted by Gasteiger charge is -2.17. The first-order valence-corrected chi connectivity index (χ1v) is 7.13. The van der Waals surface area contributed by atoms with Gasteiger partial charge in [0.05, 0.1) is 11.5 Å². The number of halogens is 4. The highest BCUT2D eigenvalue weighted by Gasteiger charge is 2.31. The van der Waals surface area contributed by atoms with E-state index >= 15 is 0 Å². The van der Waals surface area contributed by atoms with Gasteiger partial charge in [-0.2, -0.15) is 13.2 Å². The Labute approximate surface area is 149 Å². The second-order valence-electron chi connectivity index (χ2n) is 5.27. The summed E-state index contributed by atoms with van der Waals surface area (Å²) < 4.78 is 38.5. The fourth-order valence-electron chi connectivity index (χ4n) is 2.38. The van der Waals surface area contributed by atoms with E-state index in [9.17, 15) is 18.0 Å². The quantitative estimate of drug-likeness (QED) is 0.568. The number of nitrogens with two attached hydrogens (primary N) is 1. The van der Waals surface area contributed by atoms with Crippen LogP contribution in [0.3, 0.4) is 0 Å². The standard InChI is InChI=1S/C17H16F3N3O.ClH/c18-17(19,20)13-8-4-5-11(9-13)10-14(15(24)23-16(21)22)12-6-2-1-3-7-12;/h1-9,14H,10H2,(H4,21,22,23,24);1H. The molecule has 2 aromatic carbocycles. The third-order valence-electron chi connectivity index (χ3n) is 3.47. The number of nitrogens with one attached hydrogen (secondary N) is 2. The molecule has 2 aromatic rings. The van der Waals surface area contributed by atoms with Crippen molar-refractivity contribution in [2.45, 2.75) is 18.5 Å². The van der Waals surface area contributed by atoms with Crippen LogP contribution in [0.25, 0.3) is 0 Å². The van der Waals surface area contributed by atoms with Gasteiger partial charge in [0.2, 0.25) is 5.91 Å². The zero-order valence-electron chi connectivity index (χ0n) is 13.0. The average molecular weight is 372 g/mol. The topological polar surface area (TPSA) is 79.0 Å². The van der Waals surface area contributed by atoms with Gasteiger partial charge in [-0.05, 0) is 23.6 Å². The highest BCUT2D eigenvalue weighted by Crippen LogP contribution is 2.31. The predicted octanol–water partition coefficient (Wildman–Crippen LogP) is 3.46. The molecule has 1 atom stereocenters. The molecule has 0 heterocycles. The van der Waals surface area contributed by atoms with Crippen LogP contribution in [0.1, 0.15) is 22.6 Å². The van der Waals surface area contributed by atoms with Gasteiger partial charge in [0.1, 0.15) is 0 Å². The van der Waals surface area contributed by atoms with E-state index in [0.29, 0.717) is 11.1 Å². The Kier molecular flexibility index (Phi) is 6.99. The maximum Gasteiger partial charge on any atom is 0.416 e. The van der Waals surface area contributed by atoms with Crippen LogP contribution >= 0.6 is 12.4 Å². The van der Waals surface area contributed by atoms with E-state index in [2.05, 4.69) is 5.32 Å². The largest absolute Gasteiger partial charge is 0.416 e. The summed E-state index contributed by atoms with van der Waals surface area (Å²) in [5.74, 6) is -1.80. The minimum Gasteiger partial charge on any atom is -0.370 e. The highest BCUT2D eigenvalue weighted by molar-refractivity contribution is 5.98. The number of rotatable bonds is 4. The van der Waals surface area contributed by atoms with Crippen LogP contribution in [-0.4, -0.2) is 11.9 Å². The van der Waals surface area contributed by atoms with Crippen LogP contribution in [0.2, 0.25) is 0 Å². The van der Waals surface area contributed by atoms with Crippen LogP contribution in [0.15, 0.2) is 54.6 Å². The average Bonchev–Trinajstić information content (AvgIpc) is 2.52. The zero-order chi connectivity index (χ0) is 17.7. The predicted molar refractivity (Wildman–Crippen MR) is 91.6 cm³/mol. The maximum absolute atomic E-state index is 12.8. The van der Waals surface area contributed by atoms with Gasteiger partial charge in [-0.25, -0.2) is 0 Å². The van der Waals surface area contributed by atoms with Crippen LogP contribution in [0, 0.1) is 5.41 Å². The fourth-order valence-corrected chi connectivity index (χ4v) is 2.38. The molecule has 0 aliphatic rings. The molecule has 0 bridgehead atoms. The van der Waals surface area contributed by atoms with Gasteiger partial charge in [0, 0.05) is 0 Å². The molecule has 0 saturated heterocycles. The zero-order valence-corrected chi connectivity index (χ0v) is 13.8. The summed E-state index contributed by atoms with van der Waals surface area (Å²) in [6, 6.07) is 13.5. The fraction of sp³-hybridized carbons (Fsp3) is 0.176. The molecule has 4 nitrogen and oxygen atoms in total. The summed E-state index contributed by atoms with van der Waals surface area (Å²) in [6.45, 7) is 0. The number of hydrogen-bond donors (Lipinski definition) is 3. The number of amides is 1. The molecule has 25 heavy (non-hydrogen) atoms. The number of guanidine groups is 1. The summed E-state index contributed by atoms with van der Waals surface area (Å²) in [4.78, 5) is 12.3. The molecule has 0 aromatic heterocycles. The van der Waals surface area contributed by atoms with Crippen LogP contribution in [-0.2, 0) is 17.4 Å². The monoisotopic (exact) mass is 371 g/mol. The van der Waals surface area contributed by atoms with Crippen molar-refractivity contribution in [2.75, 3.05) is 0 Å². The molecule has 0 aliphatic heterocycles. The highest BCUT2D eigenvalue weighted by atomic mass is 35.5. The Hall–Kier alpha value is -2.54. The molecular formula is C17H17ClF3N3O. The van der Waals surface area contributed by atoms with Crippen LogP contribution in [0.5, 0.6) is 0 Å². The number of hydrogen-bond acceptors (Lipinski definition) is 2. The third-order valence-corrected chi connectivity index (χ3v) is 3.47. The van der Waals surface area contributed by atoms with Crippen molar-refractivity contribution in [2.24, 2.45) is 5.73 Å². The lowest BCUT2D eigenvalue weighted by molar-refractivity contribution is -0.137. The number of carbonyl (C=O) groups excluding carboxylic acids is 1. The molecule has 134 valence electrons. The molecule has 0 fully saturated rings. The molecular weight excluding hydrogens is 355 g/mol. The van der Waals surface area contributed by atoms with E-state index in [1.807, 2.05) is 0 Å². The second-order valence-corrected chi connectivity index (χ2v) is 5.27. The number of benzene rings is 2. The third kappa shape index (κ3) is 5.79. The molecule has 0 saturated carbocycles. The van der Waals surface area contributed by atoms with Crippen molar-refractivity contribution in [1.82, 2.24) is 5.32 Å². The van der Waals surface area contributed by atoms with Gasteiger partial charge in [-0.3, -0.25) is 15.5 Å². The van der Waals surface area contributed by atoms with Gasteiger partial charge < -0.3 is 5.73 Å². The number of alkyl halides is 3. The van der Waals surface area contributed by atoms with Crippen LogP contribution in [0.4, 0.5) is 13.2 Å². The number of carbonyl (C=O) groups is 1. The van der Waals surface area contributed by atoms with Gasteiger partial charge in [-0.1, -0.05) is 48.5 Å². The SMILES string of the molecule is Cl.N=C(N)NC(=O)C(Cc1cccc(C(F)(F)F)c1)c1ccccc1. The van der Waals surface area contributed by atoms with Crippen molar-refractivity contribution < 1.29 is 18.0 Å². The molecule has 0 radical (unpaired) electrons. The van der Waals surface area contributed by atoms with E-state index in [4.69, 9.17) is 11.1 Å². The smallest absolute Gasteiger partial charge is 0.370 e. The second kappa shape index (κ2) is 8.53. The Bertz CT molecular complexity index is 735. The van der Waals surface area contributed by atoms with E-state index in [1.165, 1.54) is 12.1 Å². The van der Waals surface area contributed by atoms with Crippen molar-refractivity contribution >= 4 is 24.3 Å². The lowest BCUT2D eigenvalue weighted by atomic mass is 9.90. The van der Waals surface area contributed by atoms with Crippen molar-refractivity contribution in [3.63, 3.8) is 0 Å². The Morgan fingerprint density at radius 1 is 1.12 bits per heavy atom. The summed E-state index contributed by atoms with van der Waals surface area (Å²) >= 11 is 0. The normalized spacial score (nSPS) is 12.0. The molecule has 2 rings (SSSR count). The first kappa shape index (κ1) is 20.5. The van der Waals surface area contributed by atoms with Crippen molar-refractivity contribution in [3.05, 3.63) is 71.3 Å². The molecule has 1 amide bonds. The van der Waals surface area contributed by atoms with Gasteiger partial charge in [0.15, 0.2) is 5.96 Å².